The molecule has 0 spiro atoms. The summed E-state index contributed by atoms with van der Waals surface area (Å²) in [7, 11) is 0. The number of benzene rings is 1. The number of carboxylic acid groups (broad SMARTS) is 1. The molecule has 3 N–H and O–H groups in total. The predicted octanol–water partition coefficient (Wildman–Crippen LogP) is 2.32. The molecule has 1 aromatic carbocycles. The van der Waals surface area contributed by atoms with Gasteiger partial charge in [-0.3, -0.25) is 19.3 Å². The van der Waals surface area contributed by atoms with Crippen molar-refractivity contribution in [3.8, 4) is 5.75 Å². The van der Waals surface area contributed by atoms with Crippen molar-refractivity contribution in [2.24, 2.45) is 11.7 Å². The molecular formula is C29H40N4O5. The van der Waals surface area contributed by atoms with Gasteiger partial charge in [0.05, 0.1) is 19.1 Å². The lowest BCUT2D eigenvalue weighted by Crippen LogP contribution is -2.45. The van der Waals surface area contributed by atoms with E-state index in [4.69, 9.17) is 10.5 Å². The minimum atomic E-state index is -0.877. The largest absolute Gasteiger partial charge is 0.493 e. The molecule has 1 saturated heterocycles. The van der Waals surface area contributed by atoms with Gasteiger partial charge in [-0.25, -0.2) is 0 Å². The van der Waals surface area contributed by atoms with E-state index in [-0.39, 0.29) is 30.0 Å². The molecule has 9 heteroatoms. The third-order valence-electron chi connectivity index (χ3n) is 7.84. The molecule has 0 aliphatic carbocycles. The van der Waals surface area contributed by atoms with Crippen LogP contribution in [0.25, 0.3) is 0 Å². The Kier molecular flexibility index (Phi) is 9.58. The van der Waals surface area contributed by atoms with Gasteiger partial charge in [-0.2, -0.15) is 0 Å². The number of aryl methyl sites for hydroxylation is 1. The fourth-order valence-electron chi connectivity index (χ4n) is 5.81. The van der Waals surface area contributed by atoms with Crippen molar-refractivity contribution in [1.29, 1.82) is 0 Å². The van der Waals surface area contributed by atoms with Gasteiger partial charge < -0.3 is 25.0 Å². The summed E-state index contributed by atoms with van der Waals surface area (Å²) in [6.07, 6.45) is 5.61. The van der Waals surface area contributed by atoms with Crippen LogP contribution < -0.4 is 16.0 Å². The summed E-state index contributed by atoms with van der Waals surface area (Å²) in [5, 5.41) is 10.4. The van der Waals surface area contributed by atoms with E-state index in [1.165, 1.54) is 6.07 Å². The zero-order valence-corrected chi connectivity index (χ0v) is 22.3. The maximum Gasteiger partial charge on any atom is 0.308 e. The minimum Gasteiger partial charge on any atom is -0.493 e. The maximum absolute atomic E-state index is 13.5. The van der Waals surface area contributed by atoms with Crippen molar-refractivity contribution in [1.82, 2.24) is 14.4 Å². The fourth-order valence-corrected chi connectivity index (χ4v) is 5.81. The van der Waals surface area contributed by atoms with Crippen LogP contribution >= 0.6 is 0 Å². The molecule has 0 radical (unpaired) electrons. The molecule has 4 rings (SSSR count). The number of aromatic nitrogens is 1. The van der Waals surface area contributed by atoms with Gasteiger partial charge in [0.2, 0.25) is 11.5 Å². The summed E-state index contributed by atoms with van der Waals surface area (Å²) in [6, 6.07) is 10.6. The molecule has 38 heavy (non-hydrogen) atoms. The van der Waals surface area contributed by atoms with E-state index >= 15 is 0 Å². The van der Waals surface area contributed by atoms with E-state index in [0.29, 0.717) is 45.8 Å². The number of aliphatic carboxylic acids is 1. The molecule has 2 aromatic rings. The van der Waals surface area contributed by atoms with Crippen molar-refractivity contribution < 1.29 is 19.4 Å². The summed E-state index contributed by atoms with van der Waals surface area (Å²) in [4.78, 5) is 42.4. The number of carbonyl (C=O) groups is 2. The number of fused-ring (bicyclic) bond motifs is 1. The average Bonchev–Trinajstić information content (AvgIpc) is 3.52. The Bertz CT molecular complexity index is 1160. The highest BCUT2D eigenvalue weighted by molar-refractivity contribution is 5.79. The summed E-state index contributed by atoms with van der Waals surface area (Å²) >= 11 is 0. The smallest absolute Gasteiger partial charge is 0.308 e. The second kappa shape index (κ2) is 13.1. The number of amides is 1. The van der Waals surface area contributed by atoms with Gasteiger partial charge in [0.1, 0.15) is 5.75 Å². The van der Waals surface area contributed by atoms with E-state index in [1.54, 1.807) is 22.9 Å². The monoisotopic (exact) mass is 524 g/mol. The third-order valence-corrected chi connectivity index (χ3v) is 7.84. The zero-order chi connectivity index (χ0) is 27.1. The Balaban J connectivity index is 1.61. The highest BCUT2D eigenvalue weighted by atomic mass is 16.5. The van der Waals surface area contributed by atoms with Gasteiger partial charge in [0.15, 0.2) is 0 Å². The van der Waals surface area contributed by atoms with Crippen LogP contribution in [-0.2, 0) is 22.6 Å². The van der Waals surface area contributed by atoms with Crippen molar-refractivity contribution >= 4 is 11.9 Å². The van der Waals surface area contributed by atoms with E-state index in [1.807, 2.05) is 21.9 Å². The molecular weight excluding hydrogens is 484 g/mol. The van der Waals surface area contributed by atoms with Crippen molar-refractivity contribution in [3.63, 3.8) is 0 Å². The number of pyridine rings is 1. The summed E-state index contributed by atoms with van der Waals surface area (Å²) < 4.78 is 7.26. The lowest BCUT2D eigenvalue weighted by atomic mass is 9.83. The Morgan fingerprint density at radius 2 is 2.00 bits per heavy atom. The van der Waals surface area contributed by atoms with Crippen LogP contribution in [0.15, 0.2) is 47.4 Å². The highest BCUT2D eigenvalue weighted by Gasteiger charge is 2.47. The van der Waals surface area contributed by atoms with Gasteiger partial charge in [-0.05, 0) is 49.1 Å². The number of rotatable bonds is 13. The van der Waals surface area contributed by atoms with Crippen LogP contribution in [0, 0.1) is 5.92 Å². The van der Waals surface area contributed by atoms with Crippen molar-refractivity contribution in [3.05, 3.63) is 64.1 Å². The molecule has 9 nitrogen and oxygen atoms in total. The number of likely N-dealkylation sites (tertiary alicyclic amines) is 1. The van der Waals surface area contributed by atoms with Gasteiger partial charge in [-0.15, -0.1) is 0 Å². The Hall–Kier alpha value is -3.17. The summed E-state index contributed by atoms with van der Waals surface area (Å²) in [5.74, 6) is -0.983. The number of nitrogens with zero attached hydrogens (tertiary/aromatic N) is 3. The second-order valence-corrected chi connectivity index (χ2v) is 10.3. The van der Waals surface area contributed by atoms with Crippen LogP contribution in [-0.4, -0.2) is 76.7 Å². The first-order valence-electron chi connectivity index (χ1n) is 13.8. The standard InChI is InChI=1S/C29H40N4O5/c1-2-3-13-31(15-6-12-30)27(35)20-33-19-23(21-8-9-25-22(18-21)11-17-38-25)28(29(36)37)24(33)10-16-32-14-5-4-7-26(32)34/h4-5,7-9,14,18,23-24,28H,2-3,6,10-13,15-17,19-20,30H2,1H3,(H,36,37). The highest BCUT2D eigenvalue weighted by Crippen LogP contribution is 2.41. The van der Waals surface area contributed by atoms with Gasteiger partial charge >= 0.3 is 5.97 Å². The number of unbranched alkanes of at least 4 members (excludes halogenated alkanes) is 1. The van der Waals surface area contributed by atoms with Gasteiger partial charge in [-0.1, -0.05) is 31.5 Å². The molecule has 1 aromatic heterocycles. The van der Waals surface area contributed by atoms with Crippen LogP contribution in [0.4, 0.5) is 0 Å². The first-order chi connectivity index (χ1) is 18.4. The molecule has 2 aliphatic rings. The van der Waals surface area contributed by atoms with Crippen LogP contribution in [0.1, 0.15) is 49.7 Å². The summed E-state index contributed by atoms with van der Waals surface area (Å²) in [5.41, 5.74) is 7.66. The zero-order valence-electron chi connectivity index (χ0n) is 22.3. The summed E-state index contributed by atoms with van der Waals surface area (Å²) in [6.45, 7) is 5.52. The lowest BCUT2D eigenvalue weighted by Gasteiger charge is -2.30. The van der Waals surface area contributed by atoms with Crippen molar-refractivity contribution in [2.75, 3.05) is 39.3 Å². The Morgan fingerprint density at radius 3 is 2.74 bits per heavy atom. The topological polar surface area (TPSA) is 118 Å². The molecule has 1 amide bonds. The molecule has 3 heterocycles. The van der Waals surface area contributed by atoms with Gasteiger partial charge in [0, 0.05) is 56.8 Å². The first-order valence-corrected chi connectivity index (χ1v) is 13.8. The fraction of sp³-hybridized carbons (Fsp3) is 0.552. The van der Waals surface area contributed by atoms with E-state index < -0.39 is 11.9 Å². The number of carboxylic acids is 1. The number of hydrogen-bond donors (Lipinski definition) is 2. The quantitative estimate of drug-likeness (QED) is 0.413. The van der Waals surface area contributed by atoms with E-state index in [0.717, 1.165) is 42.6 Å². The Labute approximate surface area is 224 Å². The lowest BCUT2D eigenvalue weighted by molar-refractivity contribution is -0.144. The molecule has 0 saturated carbocycles. The molecule has 1 fully saturated rings. The molecule has 2 aliphatic heterocycles. The van der Waals surface area contributed by atoms with Crippen LogP contribution in [0.5, 0.6) is 5.75 Å². The number of carbonyl (C=O) groups excluding carboxylic acids is 1. The first kappa shape index (κ1) is 27.9. The number of nitrogens with two attached hydrogens (primary N) is 1. The van der Waals surface area contributed by atoms with Crippen LogP contribution in [0.3, 0.4) is 0 Å². The van der Waals surface area contributed by atoms with Crippen molar-refractivity contribution in [2.45, 2.75) is 57.5 Å². The molecule has 0 bridgehead atoms. The normalized spacial score (nSPS) is 20.7. The average molecular weight is 525 g/mol. The predicted molar refractivity (Wildman–Crippen MR) is 145 cm³/mol. The van der Waals surface area contributed by atoms with Gasteiger partial charge in [0.25, 0.3) is 0 Å². The third kappa shape index (κ3) is 6.45. The van der Waals surface area contributed by atoms with Crippen LogP contribution in [0.2, 0.25) is 0 Å². The SMILES string of the molecule is CCCCN(CCCN)C(=O)CN1CC(c2ccc3c(c2)CCO3)C(C(=O)O)C1CCn1ccccc1=O. The minimum absolute atomic E-state index is 0.000852. The molecule has 3 atom stereocenters. The Morgan fingerprint density at radius 1 is 1.18 bits per heavy atom. The van der Waals surface area contributed by atoms with E-state index in [9.17, 15) is 19.5 Å². The number of ether oxygens (including phenoxy) is 1. The molecule has 206 valence electrons. The second-order valence-electron chi connectivity index (χ2n) is 10.3. The molecule has 3 unspecified atom stereocenters. The van der Waals surface area contributed by atoms with E-state index in [2.05, 4.69) is 13.0 Å². The maximum atomic E-state index is 13.5. The number of hydrogen-bond acceptors (Lipinski definition) is 6.